The van der Waals surface area contributed by atoms with Crippen molar-refractivity contribution in [2.75, 3.05) is 6.61 Å². The molecule has 0 saturated heterocycles. The van der Waals surface area contributed by atoms with Crippen LogP contribution in [0.1, 0.15) is 30.9 Å². The Morgan fingerprint density at radius 2 is 2.19 bits per heavy atom. The van der Waals surface area contributed by atoms with Crippen LogP contribution in [0, 0.1) is 11.3 Å². The lowest BCUT2D eigenvalue weighted by Crippen LogP contribution is -1.98. The third-order valence-corrected chi connectivity index (χ3v) is 2.17. The van der Waals surface area contributed by atoms with Crippen LogP contribution in [0.2, 0.25) is 0 Å². The molecule has 0 aliphatic carbocycles. The number of hydrogen-bond acceptors (Lipinski definition) is 2. The van der Waals surface area contributed by atoms with Crippen molar-refractivity contribution in [2.45, 2.75) is 26.2 Å². The van der Waals surface area contributed by atoms with E-state index in [9.17, 15) is 8.78 Å². The third kappa shape index (κ3) is 3.20. The number of halogens is 2. The Morgan fingerprint density at radius 1 is 1.44 bits per heavy atom. The van der Waals surface area contributed by atoms with E-state index in [1.165, 1.54) is 6.07 Å². The summed E-state index contributed by atoms with van der Waals surface area (Å²) in [5.74, 6) is 0.443. The number of benzene rings is 1. The van der Waals surface area contributed by atoms with Crippen molar-refractivity contribution in [1.29, 1.82) is 5.26 Å². The van der Waals surface area contributed by atoms with Crippen molar-refractivity contribution < 1.29 is 13.5 Å². The quantitative estimate of drug-likeness (QED) is 0.768. The van der Waals surface area contributed by atoms with Crippen molar-refractivity contribution >= 4 is 0 Å². The van der Waals surface area contributed by atoms with E-state index in [4.69, 9.17) is 10.00 Å². The average Bonchev–Trinajstić information content (AvgIpc) is 2.27. The van der Waals surface area contributed by atoms with E-state index in [1.54, 1.807) is 19.1 Å². The van der Waals surface area contributed by atoms with Gasteiger partial charge in [-0.1, -0.05) is 6.07 Å². The SMILES string of the molecule is CCOc1ccc(CCC#N)c(C(F)F)c1. The molecule has 4 heteroatoms. The summed E-state index contributed by atoms with van der Waals surface area (Å²) in [6.45, 7) is 2.24. The molecular weight excluding hydrogens is 212 g/mol. The Hall–Kier alpha value is -1.63. The molecule has 1 rings (SSSR count). The molecule has 0 atom stereocenters. The highest BCUT2D eigenvalue weighted by atomic mass is 19.3. The van der Waals surface area contributed by atoms with Gasteiger partial charge in [-0.3, -0.25) is 0 Å². The number of ether oxygens (including phenoxy) is 1. The number of alkyl halides is 2. The molecule has 0 amide bonds. The number of hydrogen-bond donors (Lipinski definition) is 0. The van der Waals surface area contributed by atoms with E-state index in [0.29, 0.717) is 24.3 Å². The van der Waals surface area contributed by atoms with Gasteiger partial charge in [0.1, 0.15) is 5.75 Å². The summed E-state index contributed by atoms with van der Waals surface area (Å²) in [6, 6.07) is 6.55. The van der Waals surface area contributed by atoms with Crippen LogP contribution in [0.15, 0.2) is 18.2 Å². The number of rotatable bonds is 5. The maximum atomic E-state index is 12.7. The maximum Gasteiger partial charge on any atom is 0.264 e. The van der Waals surface area contributed by atoms with E-state index >= 15 is 0 Å². The van der Waals surface area contributed by atoms with Gasteiger partial charge >= 0.3 is 0 Å². The van der Waals surface area contributed by atoms with Crippen molar-refractivity contribution in [1.82, 2.24) is 0 Å². The fraction of sp³-hybridized carbons (Fsp3) is 0.417. The molecule has 0 spiro atoms. The Labute approximate surface area is 93.5 Å². The first-order chi connectivity index (χ1) is 7.69. The third-order valence-electron chi connectivity index (χ3n) is 2.17. The van der Waals surface area contributed by atoms with Gasteiger partial charge in [0, 0.05) is 12.0 Å². The second-order valence-corrected chi connectivity index (χ2v) is 3.25. The molecule has 0 saturated carbocycles. The standard InChI is InChI=1S/C12H13F2NO/c1-2-16-10-6-5-9(4-3-7-15)11(8-10)12(13)14/h5-6,8,12H,2-4H2,1H3. The van der Waals surface area contributed by atoms with Crippen LogP contribution >= 0.6 is 0 Å². The Bertz CT molecular complexity index is 385. The van der Waals surface area contributed by atoms with Gasteiger partial charge in [-0.2, -0.15) is 5.26 Å². The van der Waals surface area contributed by atoms with Crippen LogP contribution in [0.4, 0.5) is 8.78 Å². The number of nitriles is 1. The Kier molecular flexibility index (Phi) is 4.71. The lowest BCUT2D eigenvalue weighted by atomic mass is 10.0. The molecule has 1 aromatic rings. The molecule has 2 nitrogen and oxygen atoms in total. The van der Waals surface area contributed by atoms with Crippen molar-refractivity contribution in [2.24, 2.45) is 0 Å². The van der Waals surface area contributed by atoms with Gasteiger partial charge in [-0.25, -0.2) is 8.78 Å². The first-order valence-electron chi connectivity index (χ1n) is 5.09. The van der Waals surface area contributed by atoms with Crippen LogP contribution in [-0.2, 0) is 6.42 Å². The minimum Gasteiger partial charge on any atom is -0.494 e. The summed E-state index contributed by atoms with van der Waals surface area (Å²) in [5.41, 5.74) is 0.473. The summed E-state index contributed by atoms with van der Waals surface area (Å²) in [6.07, 6.45) is -1.94. The summed E-state index contributed by atoms with van der Waals surface area (Å²) >= 11 is 0. The minimum absolute atomic E-state index is 0.0406. The van der Waals surface area contributed by atoms with Crippen molar-refractivity contribution in [3.8, 4) is 11.8 Å². The van der Waals surface area contributed by atoms with Crippen LogP contribution in [0.5, 0.6) is 5.75 Å². The Morgan fingerprint density at radius 3 is 2.75 bits per heavy atom. The van der Waals surface area contributed by atoms with Crippen LogP contribution < -0.4 is 4.74 Å². The highest BCUT2D eigenvalue weighted by Crippen LogP contribution is 2.28. The molecule has 1 aromatic carbocycles. The molecule has 0 unspecified atom stereocenters. The molecule has 0 radical (unpaired) electrons. The van der Waals surface area contributed by atoms with Crippen LogP contribution in [0.25, 0.3) is 0 Å². The molecule has 0 N–H and O–H groups in total. The molecule has 0 heterocycles. The summed E-state index contributed by atoms with van der Waals surface area (Å²) in [7, 11) is 0. The molecule has 0 aromatic heterocycles. The van der Waals surface area contributed by atoms with Crippen LogP contribution in [0.3, 0.4) is 0 Å². The molecular formula is C12H13F2NO. The lowest BCUT2D eigenvalue weighted by molar-refractivity contribution is 0.149. The van der Waals surface area contributed by atoms with E-state index in [-0.39, 0.29) is 12.0 Å². The zero-order valence-corrected chi connectivity index (χ0v) is 9.04. The molecule has 0 bridgehead atoms. The maximum absolute atomic E-state index is 12.7. The van der Waals surface area contributed by atoms with Gasteiger partial charge in [0.2, 0.25) is 0 Å². The second-order valence-electron chi connectivity index (χ2n) is 3.25. The number of nitrogens with zero attached hydrogens (tertiary/aromatic N) is 1. The largest absolute Gasteiger partial charge is 0.494 e. The average molecular weight is 225 g/mol. The minimum atomic E-state index is -2.53. The zero-order chi connectivity index (χ0) is 12.0. The predicted molar refractivity (Wildman–Crippen MR) is 56.5 cm³/mol. The van der Waals surface area contributed by atoms with Crippen molar-refractivity contribution in [3.63, 3.8) is 0 Å². The van der Waals surface area contributed by atoms with E-state index < -0.39 is 6.43 Å². The monoisotopic (exact) mass is 225 g/mol. The molecule has 0 fully saturated rings. The fourth-order valence-electron chi connectivity index (χ4n) is 1.45. The molecule has 16 heavy (non-hydrogen) atoms. The summed E-state index contributed by atoms with van der Waals surface area (Å²) < 4.78 is 30.6. The first-order valence-corrected chi connectivity index (χ1v) is 5.09. The highest BCUT2D eigenvalue weighted by Gasteiger charge is 2.13. The fourth-order valence-corrected chi connectivity index (χ4v) is 1.45. The van der Waals surface area contributed by atoms with Gasteiger partial charge < -0.3 is 4.74 Å². The smallest absolute Gasteiger partial charge is 0.264 e. The second kappa shape index (κ2) is 6.06. The predicted octanol–water partition coefficient (Wildman–Crippen LogP) is 3.48. The lowest BCUT2D eigenvalue weighted by Gasteiger charge is -2.10. The Balaban J connectivity index is 2.95. The molecule has 0 aliphatic heterocycles. The van der Waals surface area contributed by atoms with Gasteiger partial charge in [0.05, 0.1) is 12.7 Å². The van der Waals surface area contributed by atoms with Crippen molar-refractivity contribution in [3.05, 3.63) is 29.3 Å². The molecule has 86 valence electrons. The highest BCUT2D eigenvalue weighted by molar-refractivity contribution is 5.36. The van der Waals surface area contributed by atoms with Gasteiger partial charge in [-0.15, -0.1) is 0 Å². The van der Waals surface area contributed by atoms with E-state index in [2.05, 4.69) is 0 Å². The normalized spacial score (nSPS) is 10.2. The van der Waals surface area contributed by atoms with Gasteiger partial charge in [0.25, 0.3) is 6.43 Å². The van der Waals surface area contributed by atoms with Gasteiger partial charge in [0.15, 0.2) is 0 Å². The zero-order valence-electron chi connectivity index (χ0n) is 9.04. The summed E-state index contributed by atoms with van der Waals surface area (Å²) in [5, 5.41) is 8.43. The van der Waals surface area contributed by atoms with E-state index in [0.717, 1.165) is 0 Å². The summed E-state index contributed by atoms with van der Waals surface area (Å²) in [4.78, 5) is 0. The molecule has 0 aliphatic rings. The van der Waals surface area contributed by atoms with E-state index in [1.807, 2.05) is 6.07 Å². The topological polar surface area (TPSA) is 33.0 Å². The van der Waals surface area contributed by atoms with Gasteiger partial charge in [-0.05, 0) is 31.0 Å². The number of aryl methyl sites for hydroxylation is 1. The van der Waals surface area contributed by atoms with Crippen LogP contribution in [-0.4, -0.2) is 6.61 Å². The first kappa shape index (κ1) is 12.4.